The van der Waals surface area contributed by atoms with Crippen LogP contribution in [0.4, 0.5) is 5.69 Å². The summed E-state index contributed by atoms with van der Waals surface area (Å²) in [7, 11) is 0. The molecule has 0 aliphatic heterocycles. The zero-order chi connectivity index (χ0) is 12.4. The predicted octanol–water partition coefficient (Wildman–Crippen LogP) is 1.92. The number of benzene rings is 1. The number of aromatic nitrogens is 1. The number of amides is 1. The van der Waals surface area contributed by atoms with Crippen LogP contribution in [0.2, 0.25) is 0 Å². The number of carbonyl (C=O) groups is 1. The van der Waals surface area contributed by atoms with E-state index in [1.54, 1.807) is 0 Å². The van der Waals surface area contributed by atoms with Crippen LogP contribution in [0.5, 0.6) is 0 Å². The first kappa shape index (κ1) is 11.5. The monoisotopic (exact) mass is 231 g/mol. The molecular weight excluding hydrogens is 214 g/mol. The van der Waals surface area contributed by atoms with E-state index in [4.69, 9.17) is 5.73 Å². The van der Waals surface area contributed by atoms with Gasteiger partial charge in [-0.3, -0.25) is 4.79 Å². The Hall–Kier alpha value is -1.97. The van der Waals surface area contributed by atoms with E-state index in [0.29, 0.717) is 6.54 Å². The zero-order valence-corrected chi connectivity index (χ0v) is 10.1. The molecule has 0 aliphatic rings. The minimum absolute atomic E-state index is 0.0208. The number of hydrogen-bond donors (Lipinski definition) is 2. The highest BCUT2D eigenvalue weighted by atomic mass is 16.2. The highest BCUT2D eigenvalue weighted by molar-refractivity contribution is 5.92. The van der Waals surface area contributed by atoms with Crippen molar-refractivity contribution in [1.82, 2.24) is 9.88 Å². The molecule has 2 rings (SSSR count). The summed E-state index contributed by atoms with van der Waals surface area (Å²) in [6.45, 7) is 4.44. The molecule has 2 aromatic rings. The van der Waals surface area contributed by atoms with E-state index in [0.717, 1.165) is 16.6 Å². The number of nitrogens with two attached hydrogens (primary N) is 1. The minimum atomic E-state index is -0.228. The number of fused-ring (bicyclic) bond motifs is 1. The maximum absolute atomic E-state index is 11.8. The van der Waals surface area contributed by atoms with Crippen LogP contribution in [-0.2, 0) is 4.79 Å². The van der Waals surface area contributed by atoms with Gasteiger partial charge in [-0.1, -0.05) is 6.07 Å². The molecule has 1 heterocycles. The van der Waals surface area contributed by atoms with Gasteiger partial charge in [0.25, 0.3) is 0 Å². The summed E-state index contributed by atoms with van der Waals surface area (Å²) in [6.07, 6.45) is 1.90. The van der Waals surface area contributed by atoms with Gasteiger partial charge in [0.05, 0.1) is 5.52 Å². The summed E-state index contributed by atoms with van der Waals surface area (Å²) in [4.78, 5) is 11.8. The van der Waals surface area contributed by atoms with Gasteiger partial charge >= 0.3 is 0 Å². The summed E-state index contributed by atoms with van der Waals surface area (Å²) in [6, 6.07) is 7.46. The lowest BCUT2D eigenvalue weighted by Gasteiger charge is -2.14. The molecule has 17 heavy (non-hydrogen) atoms. The fourth-order valence-electron chi connectivity index (χ4n) is 2.00. The quantitative estimate of drug-likeness (QED) is 0.793. The number of nitrogens with zero attached hydrogens (tertiary/aromatic N) is 1. The van der Waals surface area contributed by atoms with Crippen LogP contribution in [0.15, 0.2) is 30.5 Å². The Morgan fingerprint density at radius 1 is 1.47 bits per heavy atom. The van der Waals surface area contributed by atoms with E-state index in [1.807, 2.05) is 48.9 Å². The zero-order valence-electron chi connectivity index (χ0n) is 10.1. The molecule has 4 nitrogen and oxygen atoms in total. The van der Waals surface area contributed by atoms with E-state index in [1.165, 1.54) is 0 Å². The minimum Gasteiger partial charge on any atom is -0.398 e. The first-order valence-electron chi connectivity index (χ1n) is 5.78. The first-order valence-corrected chi connectivity index (χ1v) is 5.78. The Labute approximate surface area is 100 Å². The van der Waals surface area contributed by atoms with Crippen molar-refractivity contribution in [3.8, 4) is 0 Å². The number of likely N-dealkylation sites (N-methyl/N-ethyl adjacent to an activating group) is 1. The second-order valence-corrected chi connectivity index (χ2v) is 4.07. The van der Waals surface area contributed by atoms with Crippen molar-refractivity contribution in [1.29, 1.82) is 0 Å². The van der Waals surface area contributed by atoms with Crippen molar-refractivity contribution in [3.05, 3.63) is 30.5 Å². The van der Waals surface area contributed by atoms with Gasteiger partial charge in [0.15, 0.2) is 0 Å². The smallest absolute Gasteiger partial charge is 0.242 e. The van der Waals surface area contributed by atoms with Crippen LogP contribution < -0.4 is 11.1 Å². The van der Waals surface area contributed by atoms with Crippen LogP contribution in [0, 0.1) is 0 Å². The fraction of sp³-hybridized carbons (Fsp3) is 0.308. The lowest BCUT2D eigenvalue weighted by atomic mass is 10.2. The summed E-state index contributed by atoms with van der Waals surface area (Å²) >= 11 is 0. The molecular formula is C13H17N3O. The topological polar surface area (TPSA) is 60.0 Å². The highest BCUT2D eigenvalue weighted by Crippen LogP contribution is 2.24. The average molecular weight is 231 g/mol. The Morgan fingerprint density at radius 3 is 2.94 bits per heavy atom. The van der Waals surface area contributed by atoms with E-state index in [9.17, 15) is 4.79 Å². The molecule has 1 aromatic heterocycles. The van der Waals surface area contributed by atoms with E-state index in [-0.39, 0.29) is 11.9 Å². The molecule has 0 radical (unpaired) electrons. The molecule has 0 fully saturated rings. The second-order valence-electron chi connectivity index (χ2n) is 4.07. The van der Waals surface area contributed by atoms with Crippen molar-refractivity contribution in [3.63, 3.8) is 0 Å². The van der Waals surface area contributed by atoms with Gasteiger partial charge in [0.1, 0.15) is 6.04 Å². The Morgan fingerprint density at radius 2 is 2.24 bits per heavy atom. The Bertz CT molecular complexity index is 545. The molecule has 4 heteroatoms. The van der Waals surface area contributed by atoms with Crippen LogP contribution in [-0.4, -0.2) is 17.0 Å². The lowest BCUT2D eigenvalue weighted by molar-refractivity contribution is -0.123. The van der Waals surface area contributed by atoms with Gasteiger partial charge < -0.3 is 15.6 Å². The maximum atomic E-state index is 11.8. The Balaban J connectivity index is 2.42. The van der Waals surface area contributed by atoms with Crippen molar-refractivity contribution < 1.29 is 4.79 Å². The van der Waals surface area contributed by atoms with Crippen molar-refractivity contribution >= 4 is 22.5 Å². The van der Waals surface area contributed by atoms with Crippen LogP contribution in [0.25, 0.3) is 10.9 Å². The molecule has 0 saturated carbocycles. The number of rotatable bonds is 3. The summed E-state index contributed by atoms with van der Waals surface area (Å²) in [5.41, 5.74) is 7.62. The van der Waals surface area contributed by atoms with Crippen LogP contribution in [0.1, 0.15) is 19.9 Å². The standard InChI is InChI=1S/C13H17N3O/c1-3-15-13(17)9(2)16-8-7-10-11(14)5-4-6-12(10)16/h4-9H,3,14H2,1-2H3,(H,15,17). The summed E-state index contributed by atoms with van der Waals surface area (Å²) in [5.74, 6) is 0.0208. The number of carbonyl (C=O) groups excluding carboxylic acids is 1. The molecule has 0 aliphatic carbocycles. The van der Waals surface area contributed by atoms with Crippen molar-refractivity contribution in [2.24, 2.45) is 0 Å². The molecule has 0 saturated heterocycles. The summed E-state index contributed by atoms with van der Waals surface area (Å²) < 4.78 is 1.94. The molecule has 1 aromatic carbocycles. The highest BCUT2D eigenvalue weighted by Gasteiger charge is 2.15. The molecule has 0 bridgehead atoms. The maximum Gasteiger partial charge on any atom is 0.242 e. The number of nitrogen functional groups attached to an aromatic ring is 1. The normalized spacial score (nSPS) is 12.6. The lowest BCUT2D eigenvalue weighted by Crippen LogP contribution is -2.30. The van der Waals surface area contributed by atoms with Gasteiger partial charge in [-0.15, -0.1) is 0 Å². The first-order chi connectivity index (χ1) is 8.15. The van der Waals surface area contributed by atoms with Gasteiger partial charge in [-0.05, 0) is 32.0 Å². The molecule has 90 valence electrons. The summed E-state index contributed by atoms with van der Waals surface area (Å²) in [5, 5.41) is 3.81. The molecule has 0 spiro atoms. The number of nitrogens with one attached hydrogen (secondary N) is 1. The molecule has 1 amide bonds. The van der Waals surface area contributed by atoms with Crippen LogP contribution >= 0.6 is 0 Å². The third-order valence-corrected chi connectivity index (χ3v) is 2.94. The largest absolute Gasteiger partial charge is 0.398 e. The van der Waals surface area contributed by atoms with Gasteiger partial charge in [-0.2, -0.15) is 0 Å². The van der Waals surface area contributed by atoms with E-state index >= 15 is 0 Å². The van der Waals surface area contributed by atoms with E-state index < -0.39 is 0 Å². The number of anilines is 1. The SMILES string of the molecule is CCNC(=O)C(C)n1ccc2c(N)cccc21. The van der Waals surface area contributed by atoms with Crippen molar-refractivity contribution in [2.45, 2.75) is 19.9 Å². The second kappa shape index (κ2) is 4.49. The van der Waals surface area contributed by atoms with Gasteiger partial charge in [0.2, 0.25) is 5.91 Å². The molecule has 1 atom stereocenters. The predicted molar refractivity (Wildman–Crippen MR) is 69.7 cm³/mol. The third-order valence-electron chi connectivity index (χ3n) is 2.94. The average Bonchev–Trinajstić information content (AvgIpc) is 2.73. The van der Waals surface area contributed by atoms with Crippen LogP contribution in [0.3, 0.4) is 0 Å². The van der Waals surface area contributed by atoms with Gasteiger partial charge in [0, 0.05) is 23.8 Å². The Kier molecular flexibility index (Phi) is 3.04. The van der Waals surface area contributed by atoms with Crippen molar-refractivity contribution in [2.75, 3.05) is 12.3 Å². The molecule has 1 unspecified atom stereocenters. The fourth-order valence-corrected chi connectivity index (χ4v) is 2.00. The van der Waals surface area contributed by atoms with Gasteiger partial charge in [-0.25, -0.2) is 0 Å². The molecule has 3 N–H and O–H groups in total. The number of hydrogen-bond acceptors (Lipinski definition) is 2. The van der Waals surface area contributed by atoms with E-state index in [2.05, 4.69) is 5.32 Å². The third kappa shape index (κ3) is 1.98.